The van der Waals surface area contributed by atoms with E-state index in [0.29, 0.717) is 0 Å². The van der Waals surface area contributed by atoms with Gasteiger partial charge in [-0.05, 0) is 13.6 Å². The second-order valence-corrected chi connectivity index (χ2v) is 2.44. The molecule has 0 N–H and O–H groups in total. The van der Waals surface area contributed by atoms with Gasteiger partial charge in [-0.3, -0.25) is 7.05 Å². The van der Waals surface area contributed by atoms with E-state index in [1.54, 1.807) is 0 Å². The summed E-state index contributed by atoms with van der Waals surface area (Å²) in [6.07, 6.45) is 0. The van der Waals surface area contributed by atoms with Crippen molar-refractivity contribution in [3.8, 4) is 0 Å². The average Bonchev–Trinajstić information content (AvgIpc) is 1.55. The SMILES string of the molecule is [CH2-]N(C)CC1COC1. The van der Waals surface area contributed by atoms with Gasteiger partial charge in [0.05, 0.1) is 13.2 Å². The van der Waals surface area contributed by atoms with Gasteiger partial charge in [0.1, 0.15) is 0 Å². The van der Waals surface area contributed by atoms with Crippen molar-refractivity contribution in [3.05, 3.63) is 7.05 Å². The Morgan fingerprint density at radius 1 is 1.75 bits per heavy atom. The maximum absolute atomic E-state index is 4.98. The maximum atomic E-state index is 4.98. The van der Waals surface area contributed by atoms with Gasteiger partial charge in [-0.25, -0.2) is 0 Å². The molecule has 0 bridgehead atoms. The molecule has 0 aromatic rings. The second-order valence-electron chi connectivity index (χ2n) is 2.44. The highest BCUT2D eigenvalue weighted by molar-refractivity contribution is 4.68. The molecule has 8 heavy (non-hydrogen) atoms. The van der Waals surface area contributed by atoms with Crippen molar-refractivity contribution in [2.45, 2.75) is 0 Å². The summed E-state index contributed by atoms with van der Waals surface area (Å²) in [6, 6.07) is 0. The summed E-state index contributed by atoms with van der Waals surface area (Å²) in [4.78, 5) is 1.95. The lowest BCUT2D eigenvalue weighted by molar-refractivity contribution is -0.0397. The molecule has 2 heteroatoms. The van der Waals surface area contributed by atoms with E-state index in [-0.39, 0.29) is 0 Å². The molecule has 1 rings (SSSR count). The molecular formula is C6H12NO-. The van der Waals surface area contributed by atoms with E-state index in [9.17, 15) is 0 Å². The van der Waals surface area contributed by atoms with Gasteiger partial charge in [0.25, 0.3) is 0 Å². The Morgan fingerprint density at radius 2 is 2.38 bits per heavy atom. The first-order valence-corrected chi connectivity index (χ1v) is 2.88. The normalized spacial score (nSPS) is 21.4. The Morgan fingerprint density at radius 3 is 2.50 bits per heavy atom. The highest BCUT2D eigenvalue weighted by atomic mass is 16.5. The third kappa shape index (κ3) is 1.46. The molecule has 0 amide bonds. The Hall–Kier alpha value is -0.0800. The van der Waals surface area contributed by atoms with Crippen LogP contribution in [0.1, 0.15) is 0 Å². The molecule has 0 atom stereocenters. The van der Waals surface area contributed by atoms with Crippen molar-refractivity contribution in [3.63, 3.8) is 0 Å². The molecule has 0 aliphatic carbocycles. The van der Waals surface area contributed by atoms with Crippen LogP contribution in [0.3, 0.4) is 0 Å². The molecule has 0 spiro atoms. The van der Waals surface area contributed by atoms with Crippen LogP contribution in [-0.2, 0) is 4.74 Å². The molecule has 0 aromatic heterocycles. The summed E-state index contributed by atoms with van der Waals surface area (Å²) in [5, 5.41) is 0. The number of rotatable bonds is 2. The topological polar surface area (TPSA) is 12.5 Å². The molecule has 1 saturated heterocycles. The first-order valence-electron chi connectivity index (χ1n) is 2.88. The average molecular weight is 114 g/mol. The minimum atomic E-state index is 0.748. The summed E-state index contributed by atoms with van der Waals surface area (Å²) in [6.45, 7) is 2.93. The quantitative estimate of drug-likeness (QED) is 0.480. The monoisotopic (exact) mass is 114 g/mol. The maximum Gasteiger partial charge on any atom is 0.0527 e. The molecule has 1 fully saturated rings. The minimum absolute atomic E-state index is 0.748. The number of ether oxygens (including phenoxy) is 1. The first kappa shape index (κ1) is 6.05. The lowest BCUT2D eigenvalue weighted by atomic mass is 10.1. The summed E-state index contributed by atoms with van der Waals surface area (Å²) < 4.78 is 4.98. The van der Waals surface area contributed by atoms with Gasteiger partial charge in [0.2, 0.25) is 0 Å². The van der Waals surface area contributed by atoms with Crippen LogP contribution in [-0.4, -0.2) is 31.7 Å². The predicted octanol–water partition coefficient (Wildman–Crippen LogP) is 0.356. The fourth-order valence-corrected chi connectivity index (χ4v) is 0.831. The van der Waals surface area contributed by atoms with E-state index < -0.39 is 0 Å². The van der Waals surface area contributed by atoms with Crippen LogP contribution in [0, 0.1) is 13.0 Å². The van der Waals surface area contributed by atoms with Crippen molar-refractivity contribution in [1.29, 1.82) is 0 Å². The molecule has 0 aromatic carbocycles. The summed E-state index contributed by atoms with van der Waals surface area (Å²) in [5.74, 6) is 0.748. The Labute approximate surface area is 50.4 Å². The van der Waals surface area contributed by atoms with Crippen LogP contribution >= 0.6 is 0 Å². The van der Waals surface area contributed by atoms with E-state index >= 15 is 0 Å². The number of hydrogen-bond acceptors (Lipinski definition) is 2. The van der Waals surface area contributed by atoms with Crippen molar-refractivity contribution in [1.82, 2.24) is 4.90 Å². The van der Waals surface area contributed by atoms with Crippen molar-refractivity contribution >= 4 is 0 Å². The number of hydrogen-bond donors (Lipinski definition) is 0. The molecule has 1 aliphatic rings. The Kier molecular flexibility index (Phi) is 1.86. The molecule has 48 valence electrons. The third-order valence-corrected chi connectivity index (χ3v) is 1.28. The third-order valence-electron chi connectivity index (χ3n) is 1.28. The van der Waals surface area contributed by atoms with Gasteiger partial charge in [0.15, 0.2) is 0 Å². The largest absolute Gasteiger partial charge is 0.461 e. The highest BCUT2D eigenvalue weighted by Crippen LogP contribution is 2.09. The van der Waals surface area contributed by atoms with Crippen LogP contribution in [0.25, 0.3) is 0 Å². The standard InChI is InChI=1S/C6H12NO/c1-7(2)3-6-4-8-5-6/h6H,1,3-5H2,2H3/q-1. The van der Waals surface area contributed by atoms with Gasteiger partial charge >= 0.3 is 0 Å². The number of nitrogens with zero attached hydrogens (tertiary/aromatic N) is 1. The van der Waals surface area contributed by atoms with Gasteiger partial charge < -0.3 is 9.64 Å². The molecule has 0 radical (unpaired) electrons. The first-order chi connectivity index (χ1) is 3.79. The fourth-order valence-electron chi connectivity index (χ4n) is 0.831. The lowest BCUT2D eigenvalue weighted by Gasteiger charge is -2.31. The van der Waals surface area contributed by atoms with Gasteiger partial charge in [-0.15, -0.1) is 0 Å². The van der Waals surface area contributed by atoms with Crippen LogP contribution < -0.4 is 0 Å². The van der Waals surface area contributed by atoms with E-state index in [2.05, 4.69) is 7.05 Å². The molecule has 2 nitrogen and oxygen atoms in total. The van der Waals surface area contributed by atoms with Crippen LogP contribution in [0.15, 0.2) is 0 Å². The van der Waals surface area contributed by atoms with Crippen LogP contribution in [0.4, 0.5) is 0 Å². The molecular weight excluding hydrogens is 102 g/mol. The molecule has 0 unspecified atom stereocenters. The van der Waals surface area contributed by atoms with Crippen molar-refractivity contribution in [2.75, 3.05) is 26.8 Å². The zero-order valence-electron chi connectivity index (χ0n) is 5.26. The minimum Gasteiger partial charge on any atom is -0.461 e. The predicted molar refractivity (Wildman–Crippen MR) is 32.3 cm³/mol. The molecule has 1 aliphatic heterocycles. The Bertz CT molecular complexity index is 68.9. The zero-order chi connectivity index (χ0) is 5.98. The highest BCUT2D eigenvalue weighted by Gasteiger charge is 2.16. The zero-order valence-corrected chi connectivity index (χ0v) is 5.26. The van der Waals surface area contributed by atoms with E-state index in [1.807, 2.05) is 11.9 Å². The van der Waals surface area contributed by atoms with E-state index in [0.717, 1.165) is 25.7 Å². The van der Waals surface area contributed by atoms with Gasteiger partial charge in [-0.2, -0.15) is 0 Å². The summed E-state index contributed by atoms with van der Waals surface area (Å²) in [7, 11) is 5.72. The van der Waals surface area contributed by atoms with E-state index in [4.69, 9.17) is 4.74 Å². The van der Waals surface area contributed by atoms with Crippen LogP contribution in [0.5, 0.6) is 0 Å². The smallest absolute Gasteiger partial charge is 0.0527 e. The van der Waals surface area contributed by atoms with E-state index in [1.165, 1.54) is 0 Å². The van der Waals surface area contributed by atoms with Gasteiger partial charge in [0, 0.05) is 5.92 Å². The van der Waals surface area contributed by atoms with Gasteiger partial charge in [-0.1, -0.05) is 0 Å². The molecule has 0 saturated carbocycles. The van der Waals surface area contributed by atoms with Crippen molar-refractivity contribution in [2.24, 2.45) is 5.92 Å². The fraction of sp³-hybridized carbons (Fsp3) is 0.833. The molecule has 1 heterocycles. The second kappa shape index (κ2) is 2.46. The van der Waals surface area contributed by atoms with Crippen molar-refractivity contribution < 1.29 is 4.74 Å². The Balaban J connectivity index is 2.01. The summed E-state index contributed by atoms with van der Waals surface area (Å²) in [5.41, 5.74) is 0. The summed E-state index contributed by atoms with van der Waals surface area (Å²) >= 11 is 0. The lowest BCUT2D eigenvalue weighted by Crippen LogP contribution is -2.35. The van der Waals surface area contributed by atoms with Crippen LogP contribution in [0.2, 0.25) is 0 Å².